The van der Waals surface area contributed by atoms with Crippen molar-refractivity contribution in [2.75, 3.05) is 14.2 Å². The number of primary sulfonamides is 1. The molecule has 2 N–H and O–H groups in total. The van der Waals surface area contributed by atoms with Crippen LogP contribution < -0.4 is 9.88 Å². The second-order valence-electron chi connectivity index (χ2n) is 6.45. The Morgan fingerprint density at radius 1 is 1.14 bits per heavy atom. The molecule has 0 aliphatic rings. The number of benzene rings is 2. The highest BCUT2D eigenvalue weighted by molar-refractivity contribution is 7.89. The number of hydrogen-bond acceptors (Lipinski definition) is 7. The molecule has 0 aliphatic carbocycles. The maximum Gasteiger partial charge on any atom is 0.241 e. The van der Waals surface area contributed by atoms with Crippen LogP contribution in [0.5, 0.6) is 5.75 Å². The first kappa shape index (κ1) is 20.0. The Labute approximate surface area is 164 Å². The van der Waals surface area contributed by atoms with Crippen LogP contribution in [0.25, 0.3) is 11.4 Å². The summed E-state index contributed by atoms with van der Waals surface area (Å²) in [6.45, 7) is 2.45. The molecular formula is C19H22N4O4S. The van der Waals surface area contributed by atoms with Crippen LogP contribution in [0, 0.1) is 0 Å². The third-order valence-electron chi connectivity index (χ3n) is 4.55. The minimum atomic E-state index is -3.70. The van der Waals surface area contributed by atoms with Crippen molar-refractivity contribution in [3.8, 4) is 17.1 Å². The number of methoxy groups -OCH3 is 1. The lowest BCUT2D eigenvalue weighted by molar-refractivity contribution is 0.216. The molecule has 8 nitrogen and oxygen atoms in total. The number of hydrogen-bond donors (Lipinski definition) is 1. The molecule has 9 heteroatoms. The molecule has 0 bridgehead atoms. The van der Waals surface area contributed by atoms with Gasteiger partial charge in [0, 0.05) is 11.6 Å². The third-order valence-corrected chi connectivity index (χ3v) is 5.48. The molecule has 0 fully saturated rings. The average molecular weight is 402 g/mol. The summed E-state index contributed by atoms with van der Waals surface area (Å²) in [5.41, 5.74) is 1.79. The Hall–Kier alpha value is -2.75. The highest BCUT2D eigenvalue weighted by atomic mass is 32.2. The van der Waals surface area contributed by atoms with Gasteiger partial charge in [0.05, 0.1) is 18.6 Å². The van der Waals surface area contributed by atoms with Crippen molar-refractivity contribution in [3.63, 3.8) is 0 Å². The molecule has 1 atom stereocenters. The summed E-state index contributed by atoms with van der Waals surface area (Å²) in [6, 6.07) is 13.9. The third kappa shape index (κ3) is 4.56. The van der Waals surface area contributed by atoms with E-state index in [0.29, 0.717) is 18.3 Å². The predicted octanol–water partition coefficient (Wildman–Crippen LogP) is 2.59. The number of sulfonamides is 1. The van der Waals surface area contributed by atoms with Crippen molar-refractivity contribution < 1.29 is 17.7 Å². The molecule has 1 heterocycles. The molecule has 2 aromatic carbocycles. The van der Waals surface area contributed by atoms with Gasteiger partial charge >= 0.3 is 0 Å². The summed E-state index contributed by atoms with van der Waals surface area (Å²) in [7, 11) is -0.159. The van der Waals surface area contributed by atoms with Crippen LogP contribution in [-0.2, 0) is 16.6 Å². The standard InChI is InChI=1S/C19H22N4O4S/c1-13(14-6-10-17(11-7-14)28(20,24)25)23(2)12-18-21-19(22-27-18)15-4-8-16(26-3)9-5-15/h4-11,13H,12H2,1-3H3,(H2,20,24,25)/t13-/m0/s1. The SMILES string of the molecule is COc1ccc(-c2noc(CN(C)[C@@H](C)c3ccc(S(N)(=O)=O)cc3)n2)cc1. The van der Waals surface area contributed by atoms with Gasteiger partial charge in [0.15, 0.2) is 0 Å². The summed E-state index contributed by atoms with van der Waals surface area (Å²) in [4.78, 5) is 6.56. The van der Waals surface area contributed by atoms with Gasteiger partial charge < -0.3 is 9.26 Å². The van der Waals surface area contributed by atoms with Crippen LogP contribution in [0.4, 0.5) is 0 Å². The van der Waals surface area contributed by atoms with Crippen molar-refractivity contribution in [2.45, 2.75) is 24.4 Å². The van der Waals surface area contributed by atoms with Gasteiger partial charge in [-0.05, 0) is 55.9 Å². The van der Waals surface area contributed by atoms with Crippen LogP contribution in [0.1, 0.15) is 24.4 Å². The highest BCUT2D eigenvalue weighted by Gasteiger charge is 2.17. The van der Waals surface area contributed by atoms with Crippen molar-refractivity contribution in [2.24, 2.45) is 5.14 Å². The smallest absolute Gasteiger partial charge is 0.241 e. The molecule has 28 heavy (non-hydrogen) atoms. The van der Waals surface area contributed by atoms with E-state index < -0.39 is 10.0 Å². The summed E-state index contributed by atoms with van der Waals surface area (Å²) in [5.74, 6) is 1.76. The number of nitrogens with two attached hydrogens (primary N) is 1. The fraction of sp³-hybridized carbons (Fsp3) is 0.263. The van der Waals surface area contributed by atoms with E-state index >= 15 is 0 Å². The van der Waals surface area contributed by atoms with Crippen LogP contribution in [-0.4, -0.2) is 37.6 Å². The van der Waals surface area contributed by atoms with Crippen molar-refractivity contribution in [1.82, 2.24) is 15.0 Å². The van der Waals surface area contributed by atoms with E-state index in [1.165, 1.54) is 12.1 Å². The van der Waals surface area contributed by atoms with Gasteiger partial charge in [0.1, 0.15) is 5.75 Å². The molecule has 3 rings (SSSR count). The Morgan fingerprint density at radius 2 is 1.79 bits per heavy atom. The van der Waals surface area contributed by atoms with Crippen molar-refractivity contribution in [3.05, 3.63) is 60.0 Å². The molecule has 0 saturated carbocycles. The Bertz CT molecular complexity index is 1030. The molecule has 0 amide bonds. The normalized spacial score (nSPS) is 12.9. The van der Waals surface area contributed by atoms with Crippen LogP contribution >= 0.6 is 0 Å². The lowest BCUT2D eigenvalue weighted by atomic mass is 10.1. The minimum Gasteiger partial charge on any atom is -0.497 e. The van der Waals surface area contributed by atoms with Gasteiger partial charge in [-0.2, -0.15) is 4.98 Å². The molecule has 0 spiro atoms. The molecule has 0 radical (unpaired) electrons. The van der Waals surface area contributed by atoms with E-state index in [4.69, 9.17) is 14.4 Å². The van der Waals surface area contributed by atoms with E-state index in [9.17, 15) is 8.42 Å². The molecule has 148 valence electrons. The van der Waals surface area contributed by atoms with E-state index in [1.54, 1.807) is 19.2 Å². The number of aromatic nitrogens is 2. The highest BCUT2D eigenvalue weighted by Crippen LogP contribution is 2.23. The molecule has 0 aliphatic heterocycles. The fourth-order valence-electron chi connectivity index (χ4n) is 2.72. The second kappa shape index (κ2) is 8.09. The van der Waals surface area contributed by atoms with Gasteiger partial charge in [0.25, 0.3) is 0 Å². The van der Waals surface area contributed by atoms with Crippen LogP contribution in [0.3, 0.4) is 0 Å². The molecule has 0 unspecified atom stereocenters. The van der Waals surface area contributed by atoms with Gasteiger partial charge in [-0.15, -0.1) is 0 Å². The van der Waals surface area contributed by atoms with Gasteiger partial charge in [-0.25, -0.2) is 13.6 Å². The minimum absolute atomic E-state index is 0.00543. The van der Waals surface area contributed by atoms with Gasteiger partial charge in [-0.3, -0.25) is 4.90 Å². The van der Waals surface area contributed by atoms with Gasteiger partial charge in [-0.1, -0.05) is 17.3 Å². The first-order valence-corrected chi connectivity index (χ1v) is 10.1. The largest absolute Gasteiger partial charge is 0.497 e. The lowest BCUT2D eigenvalue weighted by Gasteiger charge is -2.23. The first-order valence-electron chi connectivity index (χ1n) is 8.58. The quantitative estimate of drug-likeness (QED) is 0.646. The van der Waals surface area contributed by atoms with E-state index in [1.807, 2.05) is 43.1 Å². The molecule has 1 aromatic heterocycles. The average Bonchev–Trinajstić information content (AvgIpc) is 3.15. The summed E-state index contributed by atoms with van der Waals surface area (Å²) >= 11 is 0. The Morgan fingerprint density at radius 3 is 2.36 bits per heavy atom. The monoisotopic (exact) mass is 402 g/mol. The zero-order chi connectivity index (χ0) is 20.3. The van der Waals surface area contributed by atoms with E-state index in [-0.39, 0.29) is 10.9 Å². The maximum absolute atomic E-state index is 11.4. The first-order chi connectivity index (χ1) is 13.3. The fourth-order valence-corrected chi connectivity index (χ4v) is 3.23. The summed E-state index contributed by atoms with van der Waals surface area (Å²) in [6.07, 6.45) is 0. The number of rotatable bonds is 7. The lowest BCUT2D eigenvalue weighted by Crippen LogP contribution is -2.22. The molecule has 3 aromatic rings. The second-order valence-corrected chi connectivity index (χ2v) is 8.01. The Balaban J connectivity index is 1.68. The zero-order valence-electron chi connectivity index (χ0n) is 15.9. The van der Waals surface area contributed by atoms with Crippen molar-refractivity contribution in [1.29, 1.82) is 0 Å². The van der Waals surface area contributed by atoms with Crippen LogP contribution in [0.2, 0.25) is 0 Å². The van der Waals surface area contributed by atoms with Crippen molar-refractivity contribution >= 4 is 10.0 Å². The molecular weight excluding hydrogens is 380 g/mol. The summed E-state index contributed by atoms with van der Waals surface area (Å²) < 4.78 is 33.3. The zero-order valence-corrected chi connectivity index (χ0v) is 16.7. The molecule has 0 saturated heterocycles. The van der Waals surface area contributed by atoms with Crippen LogP contribution in [0.15, 0.2) is 57.9 Å². The maximum atomic E-state index is 11.4. The Kier molecular flexibility index (Phi) is 5.78. The van der Waals surface area contributed by atoms with Gasteiger partial charge in [0.2, 0.25) is 21.7 Å². The van der Waals surface area contributed by atoms with E-state index in [0.717, 1.165) is 16.9 Å². The predicted molar refractivity (Wildman–Crippen MR) is 104 cm³/mol. The van der Waals surface area contributed by atoms with E-state index in [2.05, 4.69) is 10.1 Å². The number of ether oxygens (including phenoxy) is 1. The number of nitrogens with zero attached hydrogens (tertiary/aromatic N) is 3. The topological polar surface area (TPSA) is 112 Å². The summed E-state index contributed by atoms with van der Waals surface area (Å²) in [5, 5.41) is 9.17.